The number of nitriles is 1. The third-order valence-corrected chi connectivity index (χ3v) is 6.17. The van der Waals surface area contributed by atoms with Gasteiger partial charge in [-0.05, 0) is 46.7 Å². The molecule has 0 saturated carbocycles. The van der Waals surface area contributed by atoms with Gasteiger partial charge in [-0.1, -0.05) is 6.07 Å². The molecule has 3 rings (SSSR count). The number of fused-ring (bicyclic) bond motifs is 1. The Labute approximate surface area is 190 Å². The number of nitrogens with one attached hydrogen (secondary N) is 1. The van der Waals surface area contributed by atoms with Gasteiger partial charge in [0.25, 0.3) is 5.91 Å². The third kappa shape index (κ3) is 4.42. The molecule has 166 valence electrons. The van der Waals surface area contributed by atoms with Crippen molar-refractivity contribution in [2.45, 2.75) is 13.1 Å². The Morgan fingerprint density at radius 2 is 2.03 bits per heavy atom. The zero-order valence-corrected chi connectivity index (χ0v) is 18.8. The van der Waals surface area contributed by atoms with Gasteiger partial charge in [-0.2, -0.15) is 22.8 Å². The van der Waals surface area contributed by atoms with E-state index in [4.69, 9.17) is 5.26 Å². The maximum absolute atomic E-state index is 14.8. The average Bonchev–Trinajstić information content (AvgIpc) is 3.06. The minimum atomic E-state index is -5.00. The number of aromatic nitrogens is 3. The van der Waals surface area contributed by atoms with Crippen LogP contribution in [0.3, 0.4) is 0 Å². The molecule has 0 saturated heterocycles. The summed E-state index contributed by atoms with van der Waals surface area (Å²) >= 11 is 1.83. The molecule has 3 aromatic rings. The first-order chi connectivity index (χ1) is 15.0. The van der Waals surface area contributed by atoms with Crippen LogP contribution in [0, 0.1) is 30.0 Å². The van der Waals surface area contributed by atoms with Crippen LogP contribution in [0.15, 0.2) is 24.2 Å². The van der Waals surface area contributed by atoms with Crippen LogP contribution in [0.5, 0.6) is 0 Å². The summed E-state index contributed by atoms with van der Waals surface area (Å²) in [7, 11) is 0. The van der Waals surface area contributed by atoms with Crippen LogP contribution in [-0.2, 0) is 11.0 Å². The number of pyridine rings is 1. The van der Waals surface area contributed by atoms with Gasteiger partial charge in [0.15, 0.2) is 17.3 Å². The standard InChI is InChI=1S/C18H9F6IN5OP/c1-7-9(5-26)6-27-15(18(22,23)24)13(7)28-17(31)11(19)4-8-2-3-10-14(12(8)20)30(32-25)29-16(10)21/h2-4,6,32H,1H3,(H,28,31)/b11-4-. The molecule has 0 radical (unpaired) electrons. The number of carbonyl (C=O) groups excluding carboxylic acids is 1. The van der Waals surface area contributed by atoms with Crippen LogP contribution in [0.1, 0.15) is 22.4 Å². The maximum atomic E-state index is 14.8. The molecule has 1 N–H and O–H groups in total. The normalized spacial score (nSPS) is 12.5. The molecule has 2 aromatic heterocycles. The van der Waals surface area contributed by atoms with E-state index in [1.807, 2.05) is 22.0 Å². The van der Waals surface area contributed by atoms with E-state index in [-0.39, 0.29) is 28.4 Å². The number of anilines is 1. The summed E-state index contributed by atoms with van der Waals surface area (Å²) in [6.45, 7) is 1.13. The van der Waals surface area contributed by atoms with Crippen LogP contribution in [0.4, 0.5) is 32.0 Å². The van der Waals surface area contributed by atoms with Crippen LogP contribution < -0.4 is 5.32 Å². The van der Waals surface area contributed by atoms with Crippen LogP contribution in [-0.4, -0.2) is 20.4 Å². The summed E-state index contributed by atoms with van der Waals surface area (Å²) in [5.74, 6) is -5.24. The number of benzene rings is 1. The largest absolute Gasteiger partial charge is 0.435 e. The van der Waals surface area contributed by atoms with Crippen molar-refractivity contribution >= 4 is 57.0 Å². The Kier molecular flexibility index (Phi) is 6.75. The maximum Gasteiger partial charge on any atom is 0.435 e. The summed E-state index contributed by atoms with van der Waals surface area (Å²) in [6.07, 6.45) is -4.04. The number of nitrogens with zero attached hydrogens (tertiary/aromatic N) is 4. The predicted molar refractivity (Wildman–Crippen MR) is 114 cm³/mol. The number of hydrogen-bond donors (Lipinski definition) is 1. The second-order valence-electron chi connectivity index (χ2n) is 6.23. The first kappa shape index (κ1) is 23.9. The lowest BCUT2D eigenvalue weighted by Crippen LogP contribution is -2.20. The van der Waals surface area contributed by atoms with E-state index < -0.39 is 46.6 Å². The van der Waals surface area contributed by atoms with E-state index in [1.54, 1.807) is 11.4 Å². The van der Waals surface area contributed by atoms with Gasteiger partial charge in [-0.15, -0.1) is 5.10 Å². The molecular formula is C18H9F6IN5OP. The third-order valence-electron chi connectivity index (χ3n) is 4.31. The molecule has 0 aliphatic heterocycles. The number of alkyl halides is 3. The highest BCUT2D eigenvalue weighted by atomic mass is 127. The van der Waals surface area contributed by atoms with Gasteiger partial charge >= 0.3 is 6.18 Å². The van der Waals surface area contributed by atoms with Crippen LogP contribution >= 0.6 is 28.4 Å². The van der Waals surface area contributed by atoms with Gasteiger partial charge in [0.05, 0.1) is 23.0 Å². The number of halogens is 7. The van der Waals surface area contributed by atoms with Crippen molar-refractivity contribution in [1.29, 1.82) is 5.26 Å². The molecule has 0 bridgehead atoms. The first-order valence-corrected chi connectivity index (χ1v) is 12.4. The second kappa shape index (κ2) is 9.03. The van der Waals surface area contributed by atoms with Crippen molar-refractivity contribution in [1.82, 2.24) is 14.5 Å². The minimum absolute atomic E-state index is 0.154. The van der Waals surface area contributed by atoms with Gasteiger partial charge in [0, 0.05) is 11.8 Å². The van der Waals surface area contributed by atoms with Gasteiger partial charge in [-0.25, -0.2) is 18.2 Å². The molecule has 0 aliphatic rings. The molecule has 32 heavy (non-hydrogen) atoms. The molecule has 14 heteroatoms. The number of hydrogen-bond acceptors (Lipinski definition) is 4. The number of carbonyl (C=O) groups is 1. The molecule has 1 amide bonds. The van der Waals surface area contributed by atoms with E-state index in [9.17, 15) is 31.1 Å². The molecule has 6 nitrogen and oxygen atoms in total. The Balaban J connectivity index is 2.02. The summed E-state index contributed by atoms with van der Waals surface area (Å²) in [4.78, 5) is 15.4. The van der Waals surface area contributed by atoms with Gasteiger partial charge < -0.3 is 5.32 Å². The summed E-state index contributed by atoms with van der Waals surface area (Å²) < 4.78 is 83.9. The minimum Gasteiger partial charge on any atom is -0.318 e. The fourth-order valence-corrected chi connectivity index (χ4v) is 4.25. The highest BCUT2D eigenvalue weighted by molar-refractivity contribution is 14.2. The Bertz CT molecular complexity index is 1310. The summed E-state index contributed by atoms with van der Waals surface area (Å²) in [5.41, 5.74) is -3.65. The first-order valence-electron chi connectivity index (χ1n) is 8.38. The molecular weight excluding hydrogens is 574 g/mol. The van der Waals surface area contributed by atoms with Gasteiger partial charge in [0.1, 0.15) is 11.6 Å². The van der Waals surface area contributed by atoms with E-state index in [0.717, 1.165) is 23.5 Å². The molecule has 2 heterocycles. The van der Waals surface area contributed by atoms with Crippen molar-refractivity contribution in [3.05, 3.63) is 58.3 Å². The van der Waals surface area contributed by atoms with E-state index in [1.165, 1.54) is 0 Å². The summed E-state index contributed by atoms with van der Waals surface area (Å²) in [6, 6.07) is 3.75. The lowest BCUT2D eigenvalue weighted by Gasteiger charge is -2.15. The van der Waals surface area contributed by atoms with Crippen molar-refractivity contribution in [3.8, 4) is 6.07 Å². The fraction of sp³-hybridized carbons (Fsp3) is 0.111. The quantitative estimate of drug-likeness (QED) is 0.186. The summed E-state index contributed by atoms with van der Waals surface area (Å²) in [5, 5.41) is 14.1. The van der Waals surface area contributed by atoms with Gasteiger partial charge in [-0.3, -0.25) is 4.79 Å². The van der Waals surface area contributed by atoms with Crippen molar-refractivity contribution < 1.29 is 31.1 Å². The molecule has 0 aliphatic carbocycles. The average molecular weight is 583 g/mol. The predicted octanol–water partition coefficient (Wildman–Crippen LogP) is 5.65. The smallest absolute Gasteiger partial charge is 0.318 e. The second-order valence-corrected chi connectivity index (χ2v) is 8.27. The van der Waals surface area contributed by atoms with E-state index in [0.29, 0.717) is 12.3 Å². The van der Waals surface area contributed by atoms with E-state index in [2.05, 4.69) is 10.1 Å². The Hall–Kier alpha value is -2.72. The molecule has 1 aromatic carbocycles. The highest BCUT2D eigenvalue weighted by Crippen LogP contribution is 2.36. The fourth-order valence-electron chi connectivity index (χ4n) is 2.78. The zero-order chi connectivity index (χ0) is 23.8. The Morgan fingerprint density at radius 1 is 1.34 bits per heavy atom. The molecule has 0 fully saturated rings. The van der Waals surface area contributed by atoms with Crippen molar-refractivity contribution in [3.63, 3.8) is 0 Å². The topological polar surface area (TPSA) is 83.6 Å². The molecule has 1 unspecified atom stereocenters. The van der Waals surface area contributed by atoms with Crippen molar-refractivity contribution in [2.24, 2.45) is 0 Å². The monoisotopic (exact) mass is 583 g/mol. The SMILES string of the molecule is Cc1c(C#N)cnc(C(F)(F)F)c1NC(=O)/C(F)=C/c1ccc2c(F)nn(PI)c2c1F. The van der Waals surface area contributed by atoms with Gasteiger partial charge in [0.2, 0.25) is 5.95 Å². The molecule has 0 spiro atoms. The lowest BCUT2D eigenvalue weighted by molar-refractivity contribution is -0.140. The highest BCUT2D eigenvalue weighted by Gasteiger charge is 2.37. The van der Waals surface area contributed by atoms with Crippen LogP contribution in [0.25, 0.3) is 17.0 Å². The van der Waals surface area contributed by atoms with Crippen LogP contribution in [0.2, 0.25) is 0 Å². The zero-order valence-electron chi connectivity index (χ0n) is 15.7. The number of rotatable bonds is 4. The number of amides is 1. The lowest BCUT2D eigenvalue weighted by atomic mass is 10.1. The Morgan fingerprint density at radius 3 is 2.62 bits per heavy atom. The van der Waals surface area contributed by atoms with E-state index >= 15 is 0 Å². The molecule has 1 atom stereocenters. The van der Waals surface area contributed by atoms with Crippen molar-refractivity contribution in [2.75, 3.05) is 5.32 Å².